The van der Waals surface area contributed by atoms with Crippen molar-refractivity contribution in [2.75, 3.05) is 16.2 Å². The van der Waals surface area contributed by atoms with Gasteiger partial charge in [-0.2, -0.15) is 0 Å². The molecule has 0 heterocycles. The van der Waals surface area contributed by atoms with Crippen LogP contribution in [0.25, 0.3) is 0 Å². The van der Waals surface area contributed by atoms with Gasteiger partial charge in [0, 0.05) is 23.5 Å². The number of carbonyl (C=O) groups is 1. The standard InChI is InChI=1S/C21H20N2O3S/c1-2-23(19-13-7-4-8-14-19)21(24)17-10-9-15-20(16-17)27(25,26)22-18-11-5-3-6-12-18/h3-16,22H,2H2,1H3. The topological polar surface area (TPSA) is 66.5 Å². The molecule has 138 valence electrons. The van der Waals surface area contributed by atoms with Crippen LogP contribution in [0.1, 0.15) is 17.3 Å². The Morgan fingerprint density at radius 2 is 1.52 bits per heavy atom. The Labute approximate surface area is 159 Å². The zero-order chi connectivity index (χ0) is 19.3. The maximum absolute atomic E-state index is 12.9. The fourth-order valence-corrected chi connectivity index (χ4v) is 3.83. The van der Waals surface area contributed by atoms with E-state index >= 15 is 0 Å². The first-order chi connectivity index (χ1) is 13.0. The highest BCUT2D eigenvalue weighted by Crippen LogP contribution is 2.20. The van der Waals surface area contributed by atoms with Crippen LogP contribution in [0, 0.1) is 0 Å². The number of sulfonamides is 1. The number of nitrogens with one attached hydrogen (secondary N) is 1. The monoisotopic (exact) mass is 380 g/mol. The van der Waals surface area contributed by atoms with Gasteiger partial charge in [0.2, 0.25) is 0 Å². The lowest BCUT2D eigenvalue weighted by Crippen LogP contribution is -2.30. The smallest absolute Gasteiger partial charge is 0.261 e. The van der Waals surface area contributed by atoms with Gasteiger partial charge in [-0.15, -0.1) is 0 Å². The second kappa shape index (κ2) is 8.05. The predicted octanol–water partition coefficient (Wildman–Crippen LogP) is 4.15. The van der Waals surface area contributed by atoms with Gasteiger partial charge in [0.25, 0.3) is 15.9 Å². The van der Waals surface area contributed by atoms with E-state index in [2.05, 4.69) is 4.72 Å². The number of rotatable bonds is 6. The van der Waals surface area contributed by atoms with Gasteiger partial charge in [0.15, 0.2) is 0 Å². The number of nitrogens with zero attached hydrogens (tertiary/aromatic N) is 1. The van der Waals surface area contributed by atoms with Crippen LogP contribution in [0.15, 0.2) is 89.8 Å². The van der Waals surface area contributed by atoms with Gasteiger partial charge in [-0.25, -0.2) is 8.42 Å². The highest BCUT2D eigenvalue weighted by atomic mass is 32.2. The van der Waals surface area contributed by atoms with Crippen LogP contribution in [-0.2, 0) is 10.0 Å². The molecule has 0 bridgehead atoms. The average Bonchev–Trinajstić information content (AvgIpc) is 2.70. The normalized spacial score (nSPS) is 11.0. The maximum atomic E-state index is 12.9. The second-order valence-corrected chi connectivity index (χ2v) is 7.57. The molecule has 0 saturated carbocycles. The summed E-state index contributed by atoms with van der Waals surface area (Å²) in [7, 11) is -3.79. The van der Waals surface area contributed by atoms with Crippen LogP contribution >= 0.6 is 0 Å². The lowest BCUT2D eigenvalue weighted by Gasteiger charge is -2.21. The largest absolute Gasteiger partial charge is 0.309 e. The van der Waals surface area contributed by atoms with Gasteiger partial charge in [0.1, 0.15) is 0 Å². The lowest BCUT2D eigenvalue weighted by molar-refractivity contribution is 0.0988. The minimum Gasteiger partial charge on any atom is -0.309 e. The van der Waals surface area contributed by atoms with Gasteiger partial charge in [0.05, 0.1) is 4.90 Å². The molecule has 27 heavy (non-hydrogen) atoms. The molecule has 0 radical (unpaired) electrons. The van der Waals surface area contributed by atoms with Crippen molar-refractivity contribution >= 4 is 27.3 Å². The highest BCUT2D eigenvalue weighted by Gasteiger charge is 2.20. The van der Waals surface area contributed by atoms with Crippen molar-refractivity contribution < 1.29 is 13.2 Å². The molecule has 5 nitrogen and oxygen atoms in total. The maximum Gasteiger partial charge on any atom is 0.261 e. The Bertz CT molecular complexity index is 1020. The van der Waals surface area contributed by atoms with Gasteiger partial charge in [-0.3, -0.25) is 9.52 Å². The van der Waals surface area contributed by atoms with Crippen molar-refractivity contribution in [3.63, 3.8) is 0 Å². The first-order valence-electron chi connectivity index (χ1n) is 8.56. The van der Waals surface area contributed by atoms with Crippen molar-refractivity contribution in [1.29, 1.82) is 0 Å². The summed E-state index contributed by atoms with van der Waals surface area (Å²) in [4.78, 5) is 14.6. The van der Waals surface area contributed by atoms with Gasteiger partial charge in [-0.1, -0.05) is 42.5 Å². The predicted molar refractivity (Wildman–Crippen MR) is 107 cm³/mol. The summed E-state index contributed by atoms with van der Waals surface area (Å²) < 4.78 is 27.8. The molecule has 1 amide bonds. The minimum atomic E-state index is -3.79. The Morgan fingerprint density at radius 3 is 2.15 bits per heavy atom. The number of amides is 1. The third-order valence-electron chi connectivity index (χ3n) is 4.05. The quantitative estimate of drug-likeness (QED) is 0.698. The summed E-state index contributed by atoms with van der Waals surface area (Å²) in [5.74, 6) is -0.250. The van der Waals surface area contributed by atoms with Gasteiger partial charge < -0.3 is 4.90 Å². The number of anilines is 2. The van der Waals surface area contributed by atoms with Crippen LogP contribution in [0.4, 0.5) is 11.4 Å². The molecule has 0 aliphatic rings. The first kappa shape index (κ1) is 18.7. The Morgan fingerprint density at radius 1 is 0.889 bits per heavy atom. The van der Waals surface area contributed by atoms with Crippen molar-refractivity contribution in [2.24, 2.45) is 0 Å². The number of benzene rings is 3. The molecule has 0 spiro atoms. The van der Waals surface area contributed by atoms with E-state index in [9.17, 15) is 13.2 Å². The molecule has 0 saturated heterocycles. The van der Waals surface area contributed by atoms with E-state index in [0.29, 0.717) is 17.8 Å². The van der Waals surface area contributed by atoms with Crippen LogP contribution in [0.2, 0.25) is 0 Å². The van der Waals surface area contributed by atoms with E-state index in [-0.39, 0.29) is 10.8 Å². The van der Waals surface area contributed by atoms with Gasteiger partial charge in [-0.05, 0) is 49.4 Å². The number of hydrogen-bond donors (Lipinski definition) is 1. The summed E-state index contributed by atoms with van der Waals surface area (Å²) in [6.07, 6.45) is 0. The van der Waals surface area contributed by atoms with Crippen molar-refractivity contribution in [3.8, 4) is 0 Å². The first-order valence-corrected chi connectivity index (χ1v) is 10.0. The van der Waals surface area contributed by atoms with Crippen LogP contribution < -0.4 is 9.62 Å². The molecule has 0 aliphatic heterocycles. The Hall–Kier alpha value is -3.12. The third-order valence-corrected chi connectivity index (χ3v) is 5.43. The average molecular weight is 380 g/mol. The zero-order valence-electron chi connectivity index (χ0n) is 14.9. The number of hydrogen-bond acceptors (Lipinski definition) is 3. The summed E-state index contributed by atoms with van der Waals surface area (Å²) in [5, 5.41) is 0. The van der Waals surface area contributed by atoms with E-state index in [1.807, 2.05) is 37.3 Å². The molecule has 0 fully saturated rings. The second-order valence-electron chi connectivity index (χ2n) is 5.88. The molecule has 0 atom stereocenters. The summed E-state index contributed by atoms with van der Waals surface area (Å²) >= 11 is 0. The zero-order valence-corrected chi connectivity index (χ0v) is 15.7. The van der Waals surface area contributed by atoms with Crippen LogP contribution in [0.3, 0.4) is 0 Å². The minimum absolute atomic E-state index is 0.0429. The number of carbonyl (C=O) groups excluding carboxylic acids is 1. The van der Waals surface area contributed by atoms with Crippen LogP contribution in [0.5, 0.6) is 0 Å². The summed E-state index contributed by atoms with van der Waals surface area (Å²) in [6.45, 7) is 2.35. The van der Waals surface area contributed by atoms with Crippen molar-refractivity contribution in [1.82, 2.24) is 0 Å². The van der Waals surface area contributed by atoms with E-state index in [0.717, 1.165) is 5.69 Å². The molecule has 0 unspecified atom stereocenters. The van der Waals surface area contributed by atoms with Crippen molar-refractivity contribution in [3.05, 3.63) is 90.5 Å². The van der Waals surface area contributed by atoms with E-state index in [1.54, 1.807) is 47.4 Å². The van der Waals surface area contributed by atoms with Gasteiger partial charge >= 0.3 is 0 Å². The van der Waals surface area contributed by atoms with E-state index in [4.69, 9.17) is 0 Å². The van der Waals surface area contributed by atoms with Crippen molar-refractivity contribution in [2.45, 2.75) is 11.8 Å². The third kappa shape index (κ3) is 4.35. The molecule has 0 aliphatic carbocycles. The Balaban J connectivity index is 1.89. The van der Waals surface area contributed by atoms with Crippen LogP contribution in [-0.4, -0.2) is 20.9 Å². The molecule has 1 N–H and O–H groups in total. The van der Waals surface area contributed by atoms with E-state index in [1.165, 1.54) is 12.1 Å². The molecule has 6 heteroatoms. The fraction of sp³-hybridized carbons (Fsp3) is 0.0952. The summed E-state index contributed by atoms with van der Waals surface area (Å²) in [6, 6.07) is 24.0. The summed E-state index contributed by atoms with van der Waals surface area (Å²) in [5.41, 5.74) is 1.55. The molecular weight excluding hydrogens is 360 g/mol. The Kier molecular flexibility index (Phi) is 5.57. The number of para-hydroxylation sites is 2. The molecule has 0 aromatic heterocycles. The van der Waals surface area contributed by atoms with E-state index < -0.39 is 10.0 Å². The fourth-order valence-electron chi connectivity index (χ4n) is 2.72. The highest BCUT2D eigenvalue weighted by molar-refractivity contribution is 7.92. The molecule has 3 rings (SSSR count). The molecule has 3 aromatic carbocycles. The molecular formula is C21H20N2O3S. The SMILES string of the molecule is CCN(C(=O)c1cccc(S(=O)(=O)Nc2ccccc2)c1)c1ccccc1. The molecule has 3 aromatic rings. The lowest BCUT2D eigenvalue weighted by atomic mass is 10.2.